The van der Waals surface area contributed by atoms with Gasteiger partial charge in [-0.25, -0.2) is 0 Å². The molecular weight excluding hydrogens is 492 g/mol. The Morgan fingerprint density at radius 3 is 1.97 bits per heavy atom. The van der Waals surface area contributed by atoms with Crippen molar-refractivity contribution in [2.75, 3.05) is 6.61 Å². The van der Waals surface area contributed by atoms with Crippen LogP contribution in [-0.4, -0.2) is 61.2 Å². The van der Waals surface area contributed by atoms with E-state index in [-0.39, 0.29) is 6.61 Å². The summed E-state index contributed by atoms with van der Waals surface area (Å²) < 4.78 is 33.0. The van der Waals surface area contributed by atoms with Crippen LogP contribution in [0.1, 0.15) is 33.3 Å². The second-order valence-electron chi connectivity index (χ2n) is 6.93. The number of hydrogen-bond donors (Lipinski definition) is 0. The minimum absolute atomic E-state index is 0.322. The fourth-order valence-electron chi connectivity index (χ4n) is 3.14. The number of para-hydroxylation sites is 1. The third-order valence-electron chi connectivity index (χ3n) is 4.31. The van der Waals surface area contributed by atoms with Gasteiger partial charge in [-0.1, -0.05) is 34.1 Å². The molecule has 0 unspecified atom stereocenters. The fraction of sp³-hybridized carbons (Fsp3) is 0.524. The zero-order chi connectivity index (χ0) is 23.8. The fourth-order valence-corrected chi connectivity index (χ4v) is 3.60. The minimum Gasteiger partial charge on any atom is -0.463 e. The van der Waals surface area contributed by atoms with Crippen molar-refractivity contribution >= 4 is 39.8 Å². The predicted octanol–water partition coefficient (Wildman–Crippen LogP) is 2.04. The number of rotatable bonds is 8. The smallest absolute Gasteiger partial charge is 0.303 e. The van der Waals surface area contributed by atoms with Gasteiger partial charge in [-0.05, 0) is 6.07 Å². The monoisotopic (exact) mass is 516 g/mol. The maximum atomic E-state index is 11.8. The van der Waals surface area contributed by atoms with E-state index in [2.05, 4.69) is 15.9 Å². The van der Waals surface area contributed by atoms with Crippen molar-refractivity contribution in [1.29, 1.82) is 0 Å². The molecule has 0 bridgehead atoms. The molecule has 1 fully saturated rings. The normalized spacial score (nSPS) is 24.7. The third-order valence-corrected chi connectivity index (χ3v) is 4.91. The molecule has 0 amide bonds. The number of alkyl halides is 1. The van der Waals surface area contributed by atoms with E-state index in [0.717, 1.165) is 19.4 Å². The molecule has 1 aliphatic rings. The lowest BCUT2D eigenvalue weighted by Crippen LogP contribution is -2.63. The summed E-state index contributed by atoms with van der Waals surface area (Å²) >= 11 is 3.37. The van der Waals surface area contributed by atoms with E-state index >= 15 is 0 Å². The summed E-state index contributed by atoms with van der Waals surface area (Å²) in [6, 6.07) is 7.06. The van der Waals surface area contributed by atoms with E-state index in [1.165, 1.54) is 13.8 Å². The van der Waals surface area contributed by atoms with Crippen LogP contribution in [0.25, 0.3) is 0 Å². The molecule has 2 rings (SSSR count). The molecule has 1 aromatic rings. The van der Waals surface area contributed by atoms with Crippen molar-refractivity contribution in [2.45, 2.75) is 63.7 Å². The van der Waals surface area contributed by atoms with Crippen LogP contribution >= 0.6 is 15.9 Å². The van der Waals surface area contributed by atoms with Gasteiger partial charge in [-0.15, -0.1) is 0 Å². The molecule has 0 N–H and O–H groups in total. The summed E-state index contributed by atoms with van der Waals surface area (Å²) in [7, 11) is 0. The van der Waals surface area contributed by atoms with Crippen molar-refractivity contribution in [3.05, 3.63) is 29.8 Å². The molecule has 1 heterocycles. The zero-order valence-electron chi connectivity index (χ0n) is 18.1. The van der Waals surface area contributed by atoms with Crippen LogP contribution in [0.2, 0.25) is 0 Å². The van der Waals surface area contributed by atoms with Gasteiger partial charge in [0.1, 0.15) is 18.5 Å². The van der Waals surface area contributed by atoms with Gasteiger partial charge < -0.3 is 28.4 Å². The summed E-state index contributed by atoms with van der Waals surface area (Å²) in [6.07, 6.45) is -6.13. The average molecular weight is 517 g/mol. The van der Waals surface area contributed by atoms with Crippen LogP contribution in [0.5, 0.6) is 5.75 Å². The van der Waals surface area contributed by atoms with E-state index in [9.17, 15) is 19.2 Å². The largest absolute Gasteiger partial charge is 0.463 e. The summed E-state index contributed by atoms with van der Waals surface area (Å²) in [5.74, 6) is -2.28. The van der Waals surface area contributed by atoms with Gasteiger partial charge in [0.25, 0.3) is 0 Å². The molecule has 1 aromatic carbocycles. The van der Waals surface area contributed by atoms with Gasteiger partial charge in [0.05, 0.1) is 0 Å². The molecule has 0 spiro atoms. The lowest BCUT2D eigenvalue weighted by Gasteiger charge is -2.44. The Kier molecular flexibility index (Phi) is 9.45. The second kappa shape index (κ2) is 11.8. The lowest BCUT2D eigenvalue weighted by molar-refractivity contribution is -0.288. The summed E-state index contributed by atoms with van der Waals surface area (Å²) in [4.78, 5) is 46.8. The predicted molar refractivity (Wildman–Crippen MR) is 112 cm³/mol. The van der Waals surface area contributed by atoms with Gasteiger partial charge >= 0.3 is 23.9 Å². The van der Waals surface area contributed by atoms with Gasteiger partial charge in [-0.2, -0.15) is 0 Å². The number of esters is 4. The first-order valence-corrected chi connectivity index (χ1v) is 10.9. The second-order valence-corrected chi connectivity index (χ2v) is 7.49. The number of carbonyl (C=O) groups is 4. The molecule has 0 saturated carbocycles. The number of carbonyl (C=O) groups excluding carboxylic acids is 4. The summed E-state index contributed by atoms with van der Waals surface area (Å²) in [5, 5.41) is 0.467. The SMILES string of the molecule is CC(=O)OC[C@H]1O[C@H](Oc2ccccc2CBr)[C@H](OC(C)=O)[C@@H](OC(C)=O)[C@H]1OC(C)=O. The quantitative estimate of drug-likeness (QED) is 0.288. The van der Waals surface area contributed by atoms with Crippen molar-refractivity contribution in [3.63, 3.8) is 0 Å². The highest BCUT2D eigenvalue weighted by Crippen LogP contribution is 2.32. The number of hydrogen-bond acceptors (Lipinski definition) is 10. The van der Waals surface area contributed by atoms with Gasteiger partial charge in [0, 0.05) is 38.6 Å². The van der Waals surface area contributed by atoms with Gasteiger partial charge in [0.2, 0.25) is 12.4 Å². The molecule has 0 radical (unpaired) electrons. The Bertz CT molecular complexity index is 842. The van der Waals surface area contributed by atoms with Crippen molar-refractivity contribution < 1.29 is 47.6 Å². The van der Waals surface area contributed by atoms with Crippen LogP contribution in [0.3, 0.4) is 0 Å². The Balaban J connectivity index is 2.48. The summed E-state index contributed by atoms with van der Waals surface area (Å²) in [5.41, 5.74) is 0.778. The zero-order valence-corrected chi connectivity index (χ0v) is 19.7. The molecular formula is C21H25BrO10. The lowest BCUT2D eigenvalue weighted by atomic mass is 9.98. The van der Waals surface area contributed by atoms with Gasteiger partial charge in [-0.3, -0.25) is 19.2 Å². The third kappa shape index (κ3) is 7.20. The minimum atomic E-state index is -1.28. The first-order valence-electron chi connectivity index (χ1n) is 9.73. The molecule has 0 aliphatic carbocycles. The van der Waals surface area contributed by atoms with Crippen LogP contribution < -0.4 is 4.74 Å². The summed E-state index contributed by atoms with van der Waals surface area (Å²) in [6.45, 7) is 4.36. The van der Waals surface area contributed by atoms with E-state index in [1.54, 1.807) is 12.1 Å². The molecule has 11 heteroatoms. The average Bonchev–Trinajstić information content (AvgIpc) is 2.70. The number of halogens is 1. The van der Waals surface area contributed by atoms with E-state index < -0.39 is 54.6 Å². The van der Waals surface area contributed by atoms with Crippen LogP contribution in [0.4, 0.5) is 0 Å². The first kappa shape index (κ1) is 25.6. The van der Waals surface area contributed by atoms with Crippen LogP contribution in [0, 0.1) is 0 Å². The molecule has 1 saturated heterocycles. The highest BCUT2D eigenvalue weighted by Gasteiger charge is 2.53. The molecule has 10 nitrogen and oxygen atoms in total. The standard InChI is InChI=1S/C21H25BrO10/c1-11(23)27-10-17-18(28-12(2)24)19(29-13(3)25)20(30-14(4)26)21(32-17)31-16-8-6-5-7-15(16)9-22/h5-8,17-21H,9-10H2,1-4H3/t17-,18+,19+,20-,21+/m1/s1. The molecule has 5 atom stereocenters. The van der Waals surface area contributed by atoms with E-state index in [1.807, 2.05) is 12.1 Å². The Morgan fingerprint density at radius 2 is 1.41 bits per heavy atom. The van der Waals surface area contributed by atoms with Crippen LogP contribution in [0.15, 0.2) is 24.3 Å². The highest BCUT2D eigenvalue weighted by molar-refractivity contribution is 9.08. The van der Waals surface area contributed by atoms with Crippen LogP contribution in [-0.2, 0) is 48.2 Å². The molecule has 1 aliphatic heterocycles. The first-order chi connectivity index (χ1) is 15.1. The Labute approximate surface area is 193 Å². The molecule has 32 heavy (non-hydrogen) atoms. The Morgan fingerprint density at radius 1 is 0.844 bits per heavy atom. The van der Waals surface area contributed by atoms with Crippen molar-refractivity contribution in [3.8, 4) is 5.75 Å². The maximum Gasteiger partial charge on any atom is 0.303 e. The van der Waals surface area contributed by atoms with E-state index in [0.29, 0.717) is 11.1 Å². The van der Waals surface area contributed by atoms with Gasteiger partial charge in [0.15, 0.2) is 12.2 Å². The molecule has 176 valence electrons. The number of ether oxygens (including phenoxy) is 6. The number of benzene rings is 1. The Hall–Kier alpha value is -2.66. The van der Waals surface area contributed by atoms with E-state index in [4.69, 9.17) is 28.4 Å². The topological polar surface area (TPSA) is 124 Å². The van der Waals surface area contributed by atoms with Crippen molar-refractivity contribution in [2.24, 2.45) is 0 Å². The molecule has 0 aromatic heterocycles. The maximum absolute atomic E-state index is 11.8. The highest BCUT2D eigenvalue weighted by atomic mass is 79.9. The van der Waals surface area contributed by atoms with Crippen molar-refractivity contribution in [1.82, 2.24) is 0 Å².